The number of carbonyl (C=O) groups excluding carboxylic acids is 1. The van der Waals surface area contributed by atoms with Crippen molar-refractivity contribution >= 4 is 34.2 Å². The van der Waals surface area contributed by atoms with Crippen molar-refractivity contribution in [3.05, 3.63) is 119 Å². The number of benzene rings is 3. The average molecular weight is 551 g/mol. The minimum Gasteiger partial charge on any atom is -0.456 e. The smallest absolute Gasteiger partial charge is 0.416 e. The lowest BCUT2D eigenvalue weighted by Gasteiger charge is -2.11. The first-order chi connectivity index (χ1) is 18.7. The van der Waals surface area contributed by atoms with Crippen molar-refractivity contribution in [3.8, 4) is 22.9 Å². The third-order valence-corrected chi connectivity index (χ3v) is 6.08. The van der Waals surface area contributed by atoms with Gasteiger partial charge in [-0.05, 0) is 72.8 Å². The number of hydrogen-bond donors (Lipinski definition) is 1. The van der Waals surface area contributed by atoms with E-state index in [4.69, 9.17) is 16.3 Å². The Morgan fingerprint density at radius 2 is 1.69 bits per heavy atom. The van der Waals surface area contributed by atoms with E-state index in [-0.39, 0.29) is 22.4 Å². The van der Waals surface area contributed by atoms with Gasteiger partial charge < -0.3 is 10.1 Å². The van der Waals surface area contributed by atoms with Gasteiger partial charge in [-0.15, -0.1) is 0 Å². The van der Waals surface area contributed by atoms with Crippen molar-refractivity contribution in [1.82, 2.24) is 14.1 Å². The zero-order valence-corrected chi connectivity index (χ0v) is 20.7. The molecule has 7 nitrogen and oxygen atoms in total. The summed E-state index contributed by atoms with van der Waals surface area (Å²) in [6, 6.07) is 17.3. The van der Waals surface area contributed by atoms with E-state index in [1.807, 2.05) is 0 Å². The van der Waals surface area contributed by atoms with Crippen LogP contribution in [0.25, 0.3) is 22.4 Å². The van der Waals surface area contributed by atoms with Gasteiger partial charge in [-0.3, -0.25) is 18.9 Å². The minimum atomic E-state index is -4.46. The number of fused-ring (bicyclic) bond motifs is 1. The van der Waals surface area contributed by atoms with Crippen LogP contribution in [0, 0.1) is 0 Å². The Kier molecular flexibility index (Phi) is 6.71. The Labute approximate surface area is 224 Å². The molecule has 5 aromatic rings. The van der Waals surface area contributed by atoms with Crippen molar-refractivity contribution < 1.29 is 22.7 Å². The Morgan fingerprint density at radius 3 is 2.38 bits per heavy atom. The van der Waals surface area contributed by atoms with Crippen LogP contribution in [0.2, 0.25) is 5.02 Å². The van der Waals surface area contributed by atoms with E-state index in [0.29, 0.717) is 28.1 Å². The summed E-state index contributed by atoms with van der Waals surface area (Å²) in [5, 5.41) is 2.81. The third-order valence-electron chi connectivity index (χ3n) is 5.78. The van der Waals surface area contributed by atoms with Crippen molar-refractivity contribution in [2.24, 2.45) is 0 Å². The summed E-state index contributed by atoms with van der Waals surface area (Å²) in [7, 11) is 0. The number of aromatic nitrogens is 3. The van der Waals surface area contributed by atoms with Crippen LogP contribution in [0.3, 0.4) is 0 Å². The van der Waals surface area contributed by atoms with Gasteiger partial charge in [-0.2, -0.15) is 13.2 Å². The molecule has 2 heterocycles. The number of anilines is 1. The van der Waals surface area contributed by atoms with Gasteiger partial charge in [0.2, 0.25) is 5.91 Å². The predicted molar refractivity (Wildman–Crippen MR) is 142 cm³/mol. The van der Waals surface area contributed by atoms with Crippen molar-refractivity contribution in [2.45, 2.75) is 6.18 Å². The number of ether oxygens (including phenoxy) is 1. The molecule has 0 atom stereocenters. The van der Waals surface area contributed by atoms with Crippen LogP contribution in [0.15, 0.2) is 103 Å². The van der Waals surface area contributed by atoms with E-state index in [2.05, 4.69) is 16.9 Å². The summed E-state index contributed by atoms with van der Waals surface area (Å²) >= 11 is 6.45. The van der Waals surface area contributed by atoms with Crippen LogP contribution in [-0.2, 0) is 11.0 Å². The number of pyridine rings is 1. The Balaban J connectivity index is 1.53. The van der Waals surface area contributed by atoms with Gasteiger partial charge in [0.1, 0.15) is 11.5 Å². The topological polar surface area (TPSA) is 78.2 Å². The highest BCUT2D eigenvalue weighted by atomic mass is 35.5. The largest absolute Gasteiger partial charge is 0.456 e. The number of nitrogens with one attached hydrogen (secondary N) is 1. The molecule has 0 radical (unpaired) electrons. The lowest BCUT2D eigenvalue weighted by molar-refractivity contribution is -0.137. The number of alkyl halides is 3. The molecule has 0 spiro atoms. The second kappa shape index (κ2) is 10.1. The van der Waals surface area contributed by atoms with Crippen molar-refractivity contribution in [3.63, 3.8) is 0 Å². The molecule has 1 amide bonds. The number of rotatable bonds is 6. The number of carbonyl (C=O) groups is 1. The summed E-state index contributed by atoms with van der Waals surface area (Å²) in [6.07, 6.45) is -0.220. The summed E-state index contributed by atoms with van der Waals surface area (Å²) in [4.78, 5) is 29.6. The maximum Gasteiger partial charge on any atom is 0.416 e. The molecule has 0 aliphatic heterocycles. The maximum absolute atomic E-state index is 13.7. The van der Waals surface area contributed by atoms with E-state index in [9.17, 15) is 22.8 Å². The van der Waals surface area contributed by atoms with Gasteiger partial charge in [0.25, 0.3) is 0 Å². The van der Waals surface area contributed by atoms with Crippen molar-refractivity contribution in [1.29, 1.82) is 0 Å². The van der Waals surface area contributed by atoms with E-state index in [1.54, 1.807) is 42.6 Å². The molecule has 0 fully saturated rings. The molecule has 1 N–H and O–H groups in total. The Hall–Kier alpha value is -4.83. The van der Waals surface area contributed by atoms with Crippen LogP contribution in [-0.4, -0.2) is 20.0 Å². The van der Waals surface area contributed by atoms with Crippen LogP contribution in [0.4, 0.5) is 18.9 Å². The second-order valence-corrected chi connectivity index (χ2v) is 8.71. The second-order valence-electron chi connectivity index (χ2n) is 8.30. The molecule has 3 aromatic carbocycles. The van der Waals surface area contributed by atoms with Gasteiger partial charge in [0.15, 0.2) is 0 Å². The zero-order chi connectivity index (χ0) is 27.7. The highest BCUT2D eigenvalue weighted by Gasteiger charge is 2.30. The predicted octanol–water partition coefficient (Wildman–Crippen LogP) is 6.77. The zero-order valence-electron chi connectivity index (χ0n) is 19.9. The first-order valence-electron chi connectivity index (χ1n) is 11.4. The summed E-state index contributed by atoms with van der Waals surface area (Å²) in [5.74, 6) is -0.0285. The Morgan fingerprint density at radius 1 is 0.974 bits per heavy atom. The van der Waals surface area contributed by atoms with E-state index >= 15 is 0 Å². The van der Waals surface area contributed by atoms with Gasteiger partial charge in [0, 0.05) is 11.9 Å². The summed E-state index contributed by atoms with van der Waals surface area (Å²) < 4.78 is 47.1. The first-order valence-corrected chi connectivity index (χ1v) is 11.8. The SMILES string of the molecule is C=CC(=O)Nc1cccc(-n2c(=O)n(-c3ccc(Oc4ccc(C(F)(F)F)cc4)c(Cl)c3)c3cnccc32)c1. The minimum absolute atomic E-state index is 0.137. The van der Waals surface area contributed by atoms with Crippen LogP contribution >= 0.6 is 11.6 Å². The highest BCUT2D eigenvalue weighted by molar-refractivity contribution is 6.32. The summed E-state index contributed by atoms with van der Waals surface area (Å²) in [5.41, 5.74) is 1.24. The molecule has 11 heteroatoms. The summed E-state index contributed by atoms with van der Waals surface area (Å²) in [6.45, 7) is 3.44. The first kappa shape index (κ1) is 25.8. The molecule has 0 saturated heterocycles. The molecule has 196 valence electrons. The highest BCUT2D eigenvalue weighted by Crippen LogP contribution is 2.34. The third kappa shape index (κ3) is 5.14. The van der Waals surface area contributed by atoms with Gasteiger partial charge in [-0.1, -0.05) is 24.2 Å². The van der Waals surface area contributed by atoms with Crippen LogP contribution < -0.4 is 15.7 Å². The fourth-order valence-corrected chi connectivity index (χ4v) is 4.23. The Bertz CT molecular complexity index is 1780. The standard InChI is InChI=1S/C28H18ClF3N4O3/c1-2-26(37)34-18-4-3-5-19(14-18)35-23-12-13-33-16-24(23)36(27(35)38)20-8-11-25(22(29)15-20)39-21-9-6-17(7-10-21)28(30,31)32/h2-16H,1H2,(H,34,37). The lowest BCUT2D eigenvalue weighted by atomic mass is 10.2. The van der Waals surface area contributed by atoms with E-state index in [0.717, 1.165) is 18.2 Å². The number of hydrogen-bond acceptors (Lipinski definition) is 4. The average Bonchev–Trinajstić information content (AvgIpc) is 3.21. The number of amides is 1. The van der Waals surface area contributed by atoms with E-state index in [1.165, 1.54) is 39.6 Å². The molecule has 5 rings (SSSR count). The molecule has 0 bridgehead atoms. The molecular formula is C28H18ClF3N4O3. The molecule has 39 heavy (non-hydrogen) atoms. The fraction of sp³-hybridized carbons (Fsp3) is 0.0357. The normalized spacial score (nSPS) is 11.4. The molecule has 0 aliphatic carbocycles. The van der Waals surface area contributed by atoms with Crippen LogP contribution in [0.1, 0.15) is 5.56 Å². The van der Waals surface area contributed by atoms with Crippen molar-refractivity contribution in [2.75, 3.05) is 5.32 Å². The molecular weight excluding hydrogens is 533 g/mol. The quantitative estimate of drug-likeness (QED) is 0.237. The monoisotopic (exact) mass is 550 g/mol. The maximum atomic E-state index is 13.7. The van der Waals surface area contributed by atoms with Gasteiger partial charge in [0.05, 0.1) is 39.2 Å². The van der Waals surface area contributed by atoms with E-state index < -0.39 is 17.4 Å². The molecule has 0 saturated carbocycles. The number of nitrogens with zero attached hydrogens (tertiary/aromatic N) is 3. The fourth-order valence-electron chi connectivity index (χ4n) is 4.01. The van der Waals surface area contributed by atoms with Gasteiger partial charge in [-0.25, -0.2) is 4.79 Å². The molecule has 2 aromatic heterocycles. The number of imidazole rings is 1. The lowest BCUT2D eigenvalue weighted by Crippen LogP contribution is -2.22. The van der Waals surface area contributed by atoms with Gasteiger partial charge >= 0.3 is 11.9 Å². The number of halogens is 4. The molecule has 0 unspecified atom stereocenters. The van der Waals surface area contributed by atoms with Crippen LogP contribution in [0.5, 0.6) is 11.5 Å². The molecule has 0 aliphatic rings.